The Morgan fingerprint density at radius 2 is 1.92 bits per heavy atom. The number of hydrogen-bond donors (Lipinski definition) is 2. The highest BCUT2D eigenvalue weighted by Gasteiger charge is 2.39. The normalized spacial score (nSPS) is 26.1. The predicted octanol–water partition coefficient (Wildman–Crippen LogP) is 2.20. The molecule has 144 valence electrons. The second-order valence-electron chi connectivity index (χ2n) is 8.23. The molecule has 2 heterocycles. The van der Waals surface area contributed by atoms with Crippen molar-refractivity contribution in [2.24, 2.45) is 12.0 Å². The van der Waals surface area contributed by atoms with Gasteiger partial charge in [0.15, 0.2) is 11.8 Å². The van der Waals surface area contributed by atoms with Crippen molar-refractivity contribution in [1.29, 1.82) is 0 Å². The summed E-state index contributed by atoms with van der Waals surface area (Å²) in [6.07, 6.45) is 11.0. The van der Waals surface area contributed by atoms with Crippen molar-refractivity contribution in [3.8, 4) is 0 Å². The number of aliphatic imine (C=N–C) groups is 1. The van der Waals surface area contributed by atoms with Crippen molar-refractivity contribution in [3.63, 3.8) is 0 Å². The van der Waals surface area contributed by atoms with Gasteiger partial charge < -0.3 is 19.9 Å². The first-order valence-electron chi connectivity index (χ1n) is 10.2. The number of ether oxygens (including phenoxy) is 1. The van der Waals surface area contributed by atoms with E-state index in [1.165, 1.54) is 44.9 Å². The van der Waals surface area contributed by atoms with Crippen molar-refractivity contribution in [1.82, 2.24) is 25.4 Å². The molecule has 1 aromatic heterocycles. The van der Waals surface area contributed by atoms with Crippen LogP contribution in [0.1, 0.15) is 69.4 Å². The predicted molar refractivity (Wildman–Crippen MR) is 101 cm³/mol. The van der Waals surface area contributed by atoms with Crippen LogP contribution in [0.5, 0.6) is 0 Å². The zero-order chi connectivity index (χ0) is 18.0. The second-order valence-corrected chi connectivity index (χ2v) is 8.23. The van der Waals surface area contributed by atoms with E-state index >= 15 is 0 Å². The summed E-state index contributed by atoms with van der Waals surface area (Å²) in [4.78, 5) is 4.81. The van der Waals surface area contributed by atoms with Gasteiger partial charge in [0.2, 0.25) is 0 Å². The van der Waals surface area contributed by atoms with Crippen LogP contribution < -0.4 is 10.6 Å². The average Bonchev–Trinajstić information content (AvgIpc) is 3.40. The van der Waals surface area contributed by atoms with E-state index in [0.717, 1.165) is 37.1 Å². The van der Waals surface area contributed by atoms with Crippen molar-refractivity contribution in [2.75, 3.05) is 6.61 Å². The number of rotatable bonds is 4. The molecule has 2 N–H and O–H groups in total. The molecule has 0 bridgehead atoms. The average molecular weight is 361 g/mol. The van der Waals surface area contributed by atoms with E-state index in [-0.39, 0.29) is 5.60 Å². The van der Waals surface area contributed by atoms with Gasteiger partial charge in [0, 0.05) is 25.7 Å². The third kappa shape index (κ3) is 4.19. The molecule has 7 heteroatoms. The molecular formula is C19H32N6O. The summed E-state index contributed by atoms with van der Waals surface area (Å²) in [6.45, 7) is 3.37. The molecule has 1 aliphatic heterocycles. The first kappa shape index (κ1) is 17.8. The fourth-order valence-electron chi connectivity index (χ4n) is 4.18. The van der Waals surface area contributed by atoms with E-state index in [0.29, 0.717) is 18.6 Å². The first-order chi connectivity index (χ1) is 12.6. The lowest BCUT2D eigenvalue weighted by molar-refractivity contribution is -0.107. The third-order valence-corrected chi connectivity index (χ3v) is 6.08. The fraction of sp³-hybridized carbons (Fsp3) is 0.842. The molecule has 1 spiro atoms. The lowest BCUT2D eigenvalue weighted by Crippen LogP contribution is -2.52. The number of nitrogens with one attached hydrogen (secondary N) is 2. The molecule has 0 aromatic carbocycles. The fourth-order valence-corrected chi connectivity index (χ4v) is 4.18. The SMILES string of the molecule is Cc1nnc(CN=C(NC2CC2)NC2CCOC3(CCCCC3)C2)n1C. The standard InChI is InChI=1S/C19H32N6O/c1-14-23-24-17(25(14)2)13-20-18(21-15-6-7-15)22-16-8-11-26-19(12-16)9-4-3-5-10-19/h15-16H,3-13H2,1-2H3,(H2,20,21,22). The number of guanidine groups is 1. The van der Waals surface area contributed by atoms with E-state index < -0.39 is 0 Å². The number of hydrogen-bond acceptors (Lipinski definition) is 4. The molecule has 3 aliphatic rings. The van der Waals surface area contributed by atoms with Crippen molar-refractivity contribution in [2.45, 2.75) is 88.9 Å². The Kier molecular flexibility index (Phi) is 5.16. The molecule has 2 saturated carbocycles. The van der Waals surface area contributed by atoms with Gasteiger partial charge in [0.25, 0.3) is 0 Å². The van der Waals surface area contributed by atoms with Gasteiger partial charge in [-0.1, -0.05) is 19.3 Å². The molecule has 26 heavy (non-hydrogen) atoms. The van der Waals surface area contributed by atoms with E-state index in [1.54, 1.807) is 0 Å². The molecule has 0 amide bonds. The Hall–Kier alpha value is -1.63. The Balaban J connectivity index is 1.41. The van der Waals surface area contributed by atoms with Crippen LogP contribution in [-0.2, 0) is 18.3 Å². The summed E-state index contributed by atoms with van der Waals surface area (Å²) >= 11 is 0. The topological polar surface area (TPSA) is 76.4 Å². The monoisotopic (exact) mass is 360 g/mol. The van der Waals surface area contributed by atoms with Crippen LogP contribution >= 0.6 is 0 Å². The Morgan fingerprint density at radius 1 is 1.15 bits per heavy atom. The minimum atomic E-state index is 0.111. The van der Waals surface area contributed by atoms with E-state index in [1.807, 2.05) is 18.5 Å². The van der Waals surface area contributed by atoms with Crippen LogP contribution in [0.2, 0.25) is 0 Å². The van der Waals surface area contributed by atoms with Gasteiger partial charge in [-0.3, -0.25) is 0 Å². The van der Waals surface area contributed by atoms with Gasteiger partial charge in [-0.15, -0.1) is 10.2 Å². The smallest absolute Gasteiger partial charge is 0.192 e. The van der Waals surface area contributed by atoms with Crippen molar-refractivity contribution < 1.29 is 4.74 Å². The zero-order valence-electron chi connectivity index (χ0n) is 16.1. The van der Waals surface area contributed by atoms with Crippen LogP contribution in [0.4, 0.5) is 0 Å². The summed E-state index contributed by atoms with van der Waals surface area (Å²) in [5.74, 6) is 2.74. The minimum Gasteiger partial charge on any atom is -0.375 e. The Labute approximate surface area is 156 Å². The molecule has 1 saturated heterocycles. The summed E-state index contributed by atoms with van der Waals surface area (Å²) in [5, 5.41) is 15.6. The quantitative estimate of drug-likeness (QED) is 0.636. The van der Waals surface area contributed by atoms with Gasteiger partial charge in [0.1, 0.15) is 12.4 Å². The maximum Gasteiger partial charge on any atom is 0.192 e. The van der Waals surface area contributed by atoms with Gasteiger partial charge >= 0.3 is 0 Å². The van der Waals surface area contributed by atoms with Gasteiger partial charge in [0.05, 0.1) is 5.60 Å². The highest BCUT2D eigenvalue weighted by molar-refractivity contribution is 5.80. The van der Waals surface area contributed by atoms with E-state index in [2.05, 4.69) is 20.8 Å². The van der Waals surface area contributed by atoms with Crippen LogP contribution in [0.3, 0.4) is 0 Å². The molecule has 2 aliphatic carbocycles. The van der Waals surface area contributed by atoms with Crippen molar-refractivity contribution >= 4 is 5.96 Å². The molecule has 1 atom stereocenters. The van der Waals surface area contributed by atoms with Gasteiger partial charge in [-0.05, 0) is 45.4 Å². The molecular weight excluding hydrogens is 328 g/mol. The number of aryl methyl sites for hydroxylation is 1. The van der Waals surface area contributed by atoms with Crippen molar-refractivity contribution in [3.05, 3.63) is 11.6 Å². The minimum absolute atomic E-state index is 0.111. The molecule has 7 nitrogen and oxygen atoms in total. The first-order valence-corrected chi connectivity index (χ1v) is 10.2. The Bertz CT molecular complexity index is 639. The zero-order valence-corrected chi connectivity index (χ0v) is 16.1. The van der Waals surface area contributed by atoms with E-state index in [4.69, 9.17) is 9.73 Å². The summed E-state index contributed by atoms with van der Waals surface area (Å²) in [5.41, 5.74) is 0.111. The highest BCUT2D eigenvalue weighted by Crippen LogP contribution is 2.38. The maximum atomic E-state index is 6.24. The lowest BCUT2D eigenvalue weighted by Gasteiger charge is -2.44. The largest absolute Gasteiger partial charge is 0.375 e. The number of aromatic nitrogens is 3. The van der Waals surface area contributed by atoms with Gasteiger partial charge in [-0.2, -0.15) is 0 Å². The molecule has 1 aromatic rings. The van der Waals surface area contributed by atoms with Crippen LogP contribution in [0.25, 0.3) is 0 Å². The maximum absolute atomic E-state index is 6.24. The van der Waals surface area contributed by atoms with Crippen LogP contribution in [0.15, 0.2) is 4.99 Å². The summed E-state index contributed by atoms with van der Waals surface area (Å²) in [7, 11) is 1.99. The highest BCUT2D eigenvalue weighted by atomic mass is 16.5. The summed E-state index contributed by atoms with van der Waals surface area (Å²) in [6, 6.07) is 1.01. The number of nitrogens with zero attached hydrogens (tertiary/aromatic N) is 4. The van der Waals surface area contributed by atoms with Crippen LogP contribution in [0, 0.1) is 6.92 Å². The summed E-state index contributed by atoms with van der Waals surface area (Å²) < 4.78 is 8.24. The molecule has 4 rings (SSSR count). The Morgan fingerprint density at radius 3 is 2.62 bits per heavy atom. The van der Waals surface area contributed by atoms with Gasteiger partial charge in [-0.25, -0.2) is 4.99 Å². The van der Waals surface area contributed by atoms with E-state index in [9.17, 15) is 0 Å². The molecule has 1 unspecified atom stereocenters. The lowest BCUT2D eigenvalue weighted by atomic mass is 9.78. The third-order valence-electron chi connectivity index (χ3n) is 6.08. The molecule has 0 radical (unpaired) electrons. The van der Waals surface area contributed by atoms with Crippen LogP contribution in [-0.4, -0.2) is 45.0 Å². The second kappa shape index (κ2) is 7.55. The molecule has 3 fully saturated rings.